The number of benzene rings is 3. The van der Waals surface area contributed by atoms with Crippen LogP contribution in [-0.2, 0) is 0 Å². The standard InChI is InChI=1S/C22H16N2O3/c1-13-2-4-14(5-3-13)20(25)15-6-8-16(9-7-15)21-23-18-11-10-17(22(26)27)12-19(18)24-21/h2-12H,1H3,(H,23,24)(H,26,27). The van der Waals surface area contributed by atoms with Gasteiger partial charge in [-0.1, -0.05) is 54.1 Å². The van der Waals surface area contributed by atoms with Gasteiger partial charge in [-0.25, -0.2) is 9.78 Å². The largest absolute Gasteiger partial charge is 0.478 e. The average molecular weight is 356 g/mol. The lowest BCUT2D eigenvalue weighted by atomic mass is 10.0. The molecule has 0 aliphatic carbocycles. The topological polar surface area (TPSA) is 83.1 Å². The summed E-state index contributed by atoms with van der Waals surface area (Å²) in [6, 6.07) is 19.4. The molecule has 0 atom stereocenters. The highest BCUT2D eigenvalue weighted by Gasteiger charge is 2.11. The summed E-state index contributed by atoms with van der Waals surface area (Å²) in [7, 11) is 0. The zero-order valence-corrected chi connectivity index (χ0v) is 14.6. The molecule has 0 aliphatic heterocycles. The molecule has 1 heterocycles. The lowest BCUT2D eigenvalue weighted by Gasteiger charge is -2.03. The van der Waals surface area contributed by atoms with Crippen LogP contribution in [0.1, 0.15) is 31.8 Å². The number of nitrogens with zero attached hydrogens (tertiary/aromatic N) is 1. The van der Waals surface area contributed by atoms with Gasteiger partial charge < -0.3 is 10.1 Å². The van der Waals surface area contributed by atoms with Gasteiger partial charge in [0.15, 0.2) is 5.78 Å². The van der Waals surface area contributed by atoms with Gasteiger partial charge in [0.05, 0.1) is 16.6 Å². The number of aromatic amines is 1. The Morgan fingerprint density at radius 1 is 0.852 bits per heavy atom. The highest BCUT2D eigenvalue weighted by atomic mass is 16.4. The van der Waals surface area contributed by atoms with Crippen LogP contribution < -0.4 is 0 Å². The molecule has 0 fully saturated rings. The maximum atomic E-state index is 12.6. The van der Waals surface area contributed by atoms with Crippen molar-refractivity contribution in [1.82, 2.24) is 9.97 Å². The molecule has 0 saturated carbocycles. The number of ketones is 1. The van der Waals surface area contributed by atoms with Crippen molar-refractivity contribution in [3.8, 4) is 11.4 Å². The Bertz CT molecular complexity index is 1160. The van der Waals surface area contributed by atoms with Crippen LogP contribution in [0.2, 0.25) is 0 Å². The number of carbonyl (C=O) groups excluding carboxylic acids is 1. The van der Waals surface area contributed by atoms with Gasteiger partial charge in [-0.15, -0.1) is 0 Å². The SMILES string of the molecule is Cc1ccc(C(=O)c2ccc(-c3nc4ccc(C(=O)O)cc4[nH]3)cc2)cc1. The summed E-state index contributed by atoms with van der Waals surface area (Å²) in [5.41, 5.74) is 4.74. The normalized spacial score (nSPS) is 10.9. The highest BCUT2D eigenvalue weighted by Crippen LogP contribution is 2.22. The Morgan fingerprint density at radius 3 is 2.07 bits per heavy atom. The first kappa shape index (κ1) is 16.7. The second-order valence-electron chi connectivity index (χ2n) is 6.39. The van der Waals surface area contributed by atoms with Crippen LogP contribution in [0.4, 0.5) is 0 Å². The van der Waals surface area contributed by atoms with Crippen LogP contribution in [0.3, 0.4) is 0 Å². The number of carboxylic acids is 1. The van der Waals surface area contributed by atoms with E-state index in [0.29, 0.717) is 28.0 Å². The molecule has 0 amide bonds. The molecular formula is C22H16N2O3. The Balaban J connectivity index is 1.63. The number of rotatable bonds is 4. The third-order valence-corrected chi connectivity index (χ3v) is 4.46. The van der Waals surface area contributed by atoms with Crippen molar-refractivity contribution in [1.29, 1.82) is 0 Å². The summed E-state index contributed by atoms with van der Waals surface area (Å²) in [6.07, 6.45) is 0. The molecule has 132 valence electrons. The van der Waals surface area contributed by atoms with E-state index >= 15 is 0 Å². The fourth-order valence-corrected chi connectivity index (χ4v) is 2.93. The van der Waals surface area contributed by atoms with E-state index in [1.165, 1.54) is 6.07 Å². The third-order valence-electron chi connectivity index (χ3n) is 4.46. The van der Waals surface area contributed by atoms with Crippen molar-refractivity contribution in [3.63, 3.8) is 0 Å². The van der Waals surface area contributed by atoms with Gasteiger partial charge in [0, 0.05) is 16.7 Å². The number of hydrogen-bond donors (Lipinski definition) is 2. The first-order valence-corrected chi connectivity index (χ1v) is 8.46. The number of aryl methyl sites for hydroxylation is 1. The number of H-pyrrole nitrogens is 1. The minimum absolute atomic E-state index is 0.0303. The fourth-order valence-electron chi connectivity index (χ4n) is 2.93. The zero-order valence-electron chi connectivity index (χ0n) is 14.6. The second-order valence-corrected chi connectivity index (χ2v) is 6.39. The average Bonchev–Trinajstić information content (AvgIpc) is 3.11. The Hall–Kier alpha value is -3.73. The minimum atomic E-state index is -0.980. The van der Waals surface area contributed by atoms with E-state index in [4.69, 9.17) is 5.11 Å². The van der Waals surface area contributed by atoms with Crippen molar-refractivity contribution in [2.75, 3.05) is 0 Å². The number of fused-ring (bicyclic) bond motifs is 1. The van der Waals surface area contributed by atoms with Crippen molar-refractivity contribution in [3.05, 3.63) is 89.0 Å². The first-order chi connectivity index (χ1) is 13.0. The fraction of sp³-hybridized carbons (Fsp3) is 0.0455. The molecule has 5 nitrogen and oxygen atoms in total. The number of aromatic carboxylic acids is 1. The van der Waals surface area contributed by atoms with E-state index in [2.05, 4.69) is 9.97 Å². The summed E-state index contributed by atoms with van der Waals surface area (Å²) >= 11 is 0. The predicted molar refractivity (Wildman–Crippen MR) is 103 cm³/mol. The van der Waals surface area contributed by atoms with Crippen LogP contribution >= 0.6 is 0 Å². The van der Waals surface area contributed by atoms with Crippen molar-refractivity contribution >= 4 is 22.8 Å². The van der Waals surface area contributed by atoms with E-state index in [0.717, 1.165) is 11.1 Å². The molecule has 1 aromatic heterocycles. The third kappa shape index (κ3) is 3.22. The van der Waals surface area contributed by atoms with Gasteiger partial charge >= 0.3 is 5.97 Å². The second kappa shape index (κ2) is 6.53. The van der Waals surface area contributed by atoms with Crippen molar-refractivity contribution in [2.24, 2.45) is 0 Å². The van der Waals surface area contributed by atoms with Gasteiger partial charge in [-0.3, -0.25) is 4.79 Å². The number of carbonyl (C=O) groups is 2. The zero-order chi connectivity index (χ0) is 19.0. The maximum absolute atomic E-state index is 12.6. The molecule has 0 saturated heterocycles. The van der Waals surface area contributed by atoms with Crippen molar-refractivity contribution in [2.45, 2.75) is 6.92 Å². The van der Waals surface area contributed by atoms with Crippen LogP contribution in [0.15, 0.2) is 66.7 Å². The lowest BCUT2D eigenvalue weighted by Crippen LogP contribution is -2.01. The van der Waals surface area contributed by atoms with E-state index < -0.39 is 5.97 Å². The summed E-state index contributed by atoms with van der Waals surface area (Å²) in [5.74, 6) is -0.383. The number of aromatic nitrogens is 2. The molecule has 4 aromatic rings. The van der Waals surface area contributed by atoms with E-state index in [9.17, 15) is 9.59 Å². The van der Waals surface area contributed by atoms with Crippen LogP contribution in [-0.4, -0.2) is 26.8 Å². The Morgan fingerprint density at radius 2 is 1.44 bits per heavy atom. The molecule has 0 bridgehead atoms. The Kier molecular flexibility index (Phi) is 4.05. The number of hydrogen-bond acceptors (Lipinski definition) is 3. The summed E-state index contributed by atoms with van der Waals surface area (Å²) in [4.78, 5) is 31.3. The van der Waals surface area contributed by atoms with Crippen LogP contribution in [0, 0.1) is 6.92 Å². The lowest BCUT2D eigenvalue weighted by molar-refractivity contribution is 0.0697. The maximum Gasteiger partial charge on any atom is 0.335 e. The van der Waals surface area contributed by atoms with Crippen molar-refractivity contribution < 1.29 is 14.7 Å². The summed E-state index contributed by atoms with van der Waals surface area (Å²) in [5, 5.41) is 9.09. The molecule has 0 radical (unpaired) electrons. The molecule has 2 N–H and O–H groups in total. The molecule has 0 aliphatic rings. The van der Waals surface area contributed by atoms with Gasteiger partial charge in [-0.05, 0) is 25.1 Å². The number of carboxylic acid groups (broad SMARTS) is 1. The monoisotopic (exact) mass is 356 g/mol. The van der Waals surface area contributed by atoms with Gasteiger partial charge in [-0.2, -0.15) is 0 Å². The Labute approximate surface area is 155 Å². The van der Waals surface area contributed by atoms with Gasteiger partial charge in [0.1, 0.15) is 5.82 Å². The van der Waals surface area contributed by atoms with E-state index in [-0.39, 0.29) is 11.3 Å². The molecule has 5 heteroatoms. The molecule has 0 unspecified atom stereocenters. The van der Waals surface area contributed by atoms with Crippen LogP contribution in [0.25, 0.3) is 22.4 Å². The minimum Gasteiger partial charge on any atom is -0.478 e. The molecule has 0 spiro atoms. The van der Waals surface area contributed by atoms with E-state index in [1.807, 2.05) is 43.3 Å². The smallest absolute Gasteiger partial charge is 0.335 e. The molecular weight excluding hydrogens is 340 g/mol. The molecule has 4 rings (SSSR count). The van der Waals surface area contributed by atoms with Gasteiger partial charge in [0.2, 0.25) is 0 Å². The molecule has 27 heavy (non-hydrogen) atoms. The van der Waals surface area contributed by atoms with Gasteiger partial charge in [0.25, 0.3) is 0 Å². The predicted octanol–water partition coefficient (Wildman–Crippen LogP) is 4.47. The summed E-state index contributed by atoms with van der Waals surface area (Å²) in [6.45, 7) is 1.98. The first-order valence-electron chi connectivity index (χ1n) is 8.46. The quantitative estimate of drug-likeness (QED) is 0.529. The van der Waals surface area contributed by atoms with E-state index in [1.54, 1.807) is 24.3 Å². The highest BCUT2D eigenvalue weighted by molar-refractivity contribution is 6.09. The number of imidazole rings is 1. The molecule has 3 aromatic carbocycles. The van der Waals surface area contributed by atoms with Crippen LogP contribution in [0.5, 0.6) is 0 Å². The number of nitrogens with one attached hydrogen (secondary N) is 1. The summed E-state index contributed by atoms with van der Waals surface area (Å²) < 4.78 is 0.